The van der Waals surface area contributed by atoms with Crippen molar-refractivity contribution in [2.75, 3.05) is 26.8 Å². The van der Waals surface area contributed by atoms with Gasteiger partial charge in [0.2, 0.25) is 0 Å². The van der Waals surface area contributed by atoms with E-state index in [0.29, 0.717) is 18.0 Å². The first-order valence-corrected chi connectivity index (χ1v) is 5.94. The molecule has 4 heteroatoms. The summed E-state index contributed by atoms with van der Waals surface area (Å²) in [5.74, 6) is 1.38. The highest BCUT2D eigenvalue weighted by Crippen LogP contribution is 2.27. The fourth-order valence-corrected chi connectivity index (χ4v) is 1.51. The van der Waals surface area contributed by atoms with Crippen LogP contribution in [0.5, 0.6) is 11.5 Å². The molecule has 0 saturated carbocycles. The van der Waals surface area contributed by atoms with Gasteiger partial charge in [0.15, 0.2) is 11.5 Å². The zero-order valence-electron chi connectivity index (χ0n) is 10.8. The maximum absolute atomic E-state index is 9.66. The van der Waals surface area contributed by atoms with Crippen molar-refractivity contribution < 1.29 is 19.9 Å². The van der Waals surface area contributed by atoms with Crippen LogP contribution >= 0.6 is 0 Å². The number of aliphatic hydroxyl groups excluding tert-OH is 1. The van der Waals surface area contributed by atoms with Crippen molar-refractivity contribution >= 4 is 0 Å². The van der Waals surface area contributed by atoms with Crippen molar-refractivity contribution in [2.24, 2.45) is 0 Å². The number of quaternary nitrogens is 1. The quantitative estimate of drug-likeness (QED) is 0.722. The summed E-state index contributed by atoms with van der Waals surface area (Å²) in [4.78, 5) is 0. The second-order valence-electron chi connectivity index (χ2n) is 4.05. The van der Waals surface area contributed by atoms with Gasteiger partial charge in [-0.3, -0.25) is 0 Å². The number of rotatable bonds is 7. The monoisotopic (exact) mass is 240 g/mol. The van der Waals surface area contributed by atoms with Crippen LogP contribution < -0.4 is 14.8 Å². The molecule has 0 spiro atoms. The zero-order valence-corrected chi connectivity index (χ0v) is 10.8. The van der Waals surface area contributed by atoms with Gasteiger partial charge < -0.3 is 19.9 Å². The van der Waals surface area contributed by atoms with Gasteiger partial charge >= 0.3 is 0 Å². The number of hydrogen-bond acceptors (Lipinski definition) is 3. The summed E-state index contributed by atoms with van der Waals surface area (Å²) in [5.41, 5.74) is 1.12. The number of methoxy groups -OCH3 is 1. The van der Waals surface area contributed by atoms with Crippen molar-refractivity contribution in [1.82, 2.24) is 0 Å². The Morgan fingerprint density at radius 3 is 2.76 bits per heavy atom. The first kappa shape index (κ1) is 13.8. The lowest BCUT2D eigenvalue weighted by Crippen LogP contribution is -2.86. The molecule has 0 radical (unpaired) electrons. The summed E-state index contributed by atoms with van der Waals surface area (Å²) < 4.78 is 10.8. The van der Waals surface area contributed by atoms with Crippen LogP contribution in [-0.4, -0.2) is 38.0 Å². The van der Waals surface area contributed by atoms with Crippen molar-refractivity contribution in [1.29, 1.82) is 0 Å². The number of likely N-dealkylation sites (N-methyl/N-ethyl adjacent to an activating group) is 1. The standard InChI is InChI=1S/C13H21NO3/c1-4-14-8-11(15)9-17-12-6-5-10(2)7-13(12)16-3/h5-7,11,14-15H,4,8-9H2,1-3H3/p+1/t11-/m1/s1. The molecule has 4 nitrogen and oxygen atoms in total. The molecule has 0 heterocycles. The first-order valence-electron chi connectivity index (χ1n) is 5.94. The molecular formula is C13H22NO3+. The third-order valence-corrected chi connectivity index (χ3v) is 2.48. The van der Waals surface area contributed by atoms with E-state index in [1.165, 1.54) is 0 Å². The topological polar surface area (TPSA) is 55.3 Å². The minimum absolute atomic E-state index is 0.288. The van der Waals surface area contributed by atoms with Crippen LogP contribution in [-0.2, 0) is 0 Å². The van der Waals surface area contributed by atoms with E-state index in [-0.39, 0.29) is 6.61 Å². The van der Waals surface area contributed by atoms with E-state index < -0.39 is 6.10 Å². The zero-order chi connectivity index (χ0) is 12.7. The minimum Gasteiger partial charge on any atom is -0.493 e. The Labute approximate surface area is 103 Å². The van der Waals surface area contributed by atoms with Gasteiger partial charge in [-0.05, 0) is 31.5 Å². The minimum atomic E-state index is -0.457. The molecule has 1 atom stereocenters. The molecule has 0 bridgehead atoms. The maximum atomic E-state index is 9.66. The van der Waals surface area contributed by atoms with Gasteiger partial charge in [0.05, 0.1) is 13.7 Å². The van der Waals surface area contributed by atoms with Crippen LogP contribution in [0.25, 0.3) is 0 Å². The number of ether oxygens (including phenoxy) is 2. The van der Waals surface area contributed by atoms with E-state index in [2.05, 4.69) is 6.92 Å². The van der Waals surface area contributed by atoms with Gasteiger partial charge in [0.1, 0.15) is 19.3 Å². The van der Waals surface area contributed by atoms with Crippen LogP contribution in [0.15, 0.2) is 18.2 Å². The maximum Gasteiger partial charge on any atom is 0.161 e. The molecule has 0 amide bonds. The molecule has 0 unspecified atom stereocenters. The summed E-state index contributed by atoms with van der Waals surface area (Å²) >= 11 is 0. The highest BCUT2D eigenvalue weighted by Gasteiger charge is 2.09. The SMILES string of the molecule is CC[NH2+]C[C@@H](O)COc1ccc(C)cc1OC. The third kappa shape index (κ3) is 4.63. The number of aliphatic hydroxyl groups is 1. The van der Waals surface area contributed by atoms with E-state index in [1.54, 1.807) is 7.11 Å². The summed E-state index contributed by atoms with van der Waals surface area (Å²) in [7, 11) is 1.61. The van der Waals surface area contributed by atoms with E-state index in [9.17, 15) is 5.11 Å². The third-order valence-electron chi connectivity index (χ3n) is 2.48. The lowest BCUT2D eigenvalue weighted by atomic mass is 10.2. The van der Waals surface area contributed by atoms with Crippen molar-refractivity contribution in [3.05, 3.63) is 23.8 Å². The molecule has 1 aromatic carbocycles. The van der Waals surface area contributed by atoms with E-state index in [1.807, 2.05) is 30.4 Å². The smallest absolute Gasteiger partial charge is 0.161 e. The molecule has 0 aliphatic heterocycles. The summed E-state index contributed by atoms with van der Waals surface area (Å²) in [5, 5.41) is 11.7. The highest BCUT2D eigenvalue weighted by molar-refractivity contribution is 5.42. The molecule has 1 rings (SSSR count). The largest absolute Gasteiger partial charge is 0.493 e. The van der Waals surface area contributed by atoms with Crippen LogP contribution in [0.4, 0.5) is 0 Å². The molecule has 0 fully saturated rings. The number of benzene rings is 1. The Morgan fingerprint density at radius 2 is 2.12 bits per heavy atom. The molecule has 3 N–H and O–H groups in total. The Morgan fingerprint density at radius 1 is 1.35 bits per heavy atom. The van der Waals surface area contributed by atoms with Crippen LogP contribution in [0, 0.1) is 6.92 Å². The van der Waals surface area contributed by atoms with Crippen LogP contribution in [0.3, 0.4) is 0 Å². The van der Waals surface area contributed by atoms with Crippen LogP contribution in [0.1, 0.15) is 12.5 Å². The molecule has 17 heavy (non-hydrogen) atoms. The molecule has 0 aromatic heterocycles. The summed E-state index contributed by atoms with van der Waals surface area (Å²) in [6.45, 7) is 5.96. The van der Waals surface area contributed by atoms with Crippen molar-refractivity contribution in [3.63, 3.8) is 0 Å². The fourth-order valence-electron chi connectivity index (χ4n) is 1.51. The highest BCUT2D eigenvalue weighted by atomic mass is 16.5. The van der Waals surface area contributed by atoms with Crippen molar-refractivity contribution in [3.8, 4) is 11.5 Å². The van der Waals surface area contributed by atoms with E-state index in [4.69, 9.17) is 9.47 Å². The Hall–Kier alpha value is -1.26. The second kappa shape index (κ2) is 7.14. The lowest BCUT2D eigenvalue weighted by molar-refractivity contribution is -0.658. The summed E-state index contributed by atoms with van der Waals surface area (Å²) in [6.07, 6.45) is -0.457. The normalized spacial score (nSPS) is 12.2. The molecule has 96 valence electrons. The predicted octanol–water partition coefficient (Wildman–Crippen LogP) is 0.327. The molecule has 1 aromatic rings. The molecular weight excluding hydrogens is 218 g/mol. The van der Waals surface area contributed by atoms with Gasteiger partial charge in [0, 0.05) is 0 Å². The van der Waals surface area contributed by atoms with Gasteiger partial charge in [-0.25, -0.2) is 0 Å². The van der Waals surface area contributed by atoms with Gasteiger partial charge in [-0.2, -0.15) is 0 Å². The first-order chi connectivity index (χ1) is 8.17. The van der Waals surface area contributed by atoms with Gasteiger partial charge in [-0.1, -0.05) is 6.07 Å². The number of aryl methyl sites for hydroxylation is 1. The van der Waals surface area contributed by atoms with Gasteiger partial charge in [0.25, 0.3) is 0 Å². The Balaban J connectivity index is 2.50. The molecule has 0 aliphatic carbocycles. The fraction of sp³-hybridized carbons (Fsp3) is 0.538. The number of nitrogens with two attached hydrogens (primary N) is 1. The van der Waals surface area contributed by atoms with E-state index >= 15 is 0 Å². The van der Waals surface area contributed by atoms with Gasteiger partial charge in [-0.15, -0.1) is 0 Å². The molecule has 0 aliphatic rings. The second-order valence-corrected chi connectivity index (χ2v) is 4.05. The average molecular weight is 240 g/mol. The average Bonchev–Trinajstić information content (AvgIpc) is 2.34. The molecule has 0 saturated heterocycles. The summed E-state index contributed by atoms with van der Waals surface area (Å²) in [6, 6.07) is 5.74. The Bertz CT molecular complexity index is 341. The Kier molecular flexibility index (Phi) is 5.80. The van der Waals surface area contributed by atoms with E-state index in [0.717, 1.165) is 12.1 Å². The van der Waals surface area contributed by atoms with Crippen LogP contribution in [0.2, 0.25) is 0 Å². The predicted molar refractivity (Wildman–Crippen MR) is 66.6 cm³/mol. The lowest BCUT2D eigenvalue weighted by Gasteiger charge is -2.13. The number of hydrogen-bond donors (Lipinski definition) is 2. The van der Waals surface area contributed by atoms with Crippen molar-refractivity contribution in [2.45, 2.75) is 20.0 Å².